The van der Waals surface area contributed by atoms with Gasteiger partial charge in [-0.3, -0.25) is 4.79 Å². The molecule has 28 heavy (non-hydrogen) atoms. The van der Waals surface area contributed by atoms with Crippen LogP contribution >= 0.6 is 0 Å². The molecule has 0 bridgehead atoms. The average molecular weight is 387 g/mol. The molecule has 1 aromatic carbocycles. The standard InChI is InChI=1S/C23H34N2O3/c1-27-20-9-10-21(23(26)24-18-7-8-18)22(15-20)28-19-11-13-25(14-12-19)16-17-5-3-2-4-6-17/h9-10,15,17-19H,2-8,11-14,16H2,1H3,(H,24,26). The van der Waals surface area contributed by atoms with Crippen molar-refractivity contribution in [3.8, 4) is 11.5 Å². The number of piperidine rings is 1. The second-order valence-electron chi connectivity index (χ2n) is 8.73. The van der Waals surface area contributed by atoms with Crippen molar-refractivity contribution in [1.29, 1.82) is 0 Å². The summed E-state index contributed by atoms with van der Waals surface area (Å²) in [6.07, 6.45) is 11.4. The third-order valence-electron chi connectivity index (χ3n) is 6.42. The van der Waals surface area contributed by atoms with Gasteiger partial charge in [0, 0.05) is 31.7 Å². The molecule has 0 atom stereocenters. The summed E-state index contributed by atoms with van der Waals surface area (Å²) in [6.45, 7) is 3.43. The Morgan fingerprint density at radius 1 is 1.07 bits per heavy atom. The van der Waals surface area contributed by atoms with Crippen molar-refractivity contribution < 1.29 is 14.3 Å². The predicted octanol–water partition coefficient (Wildman–Crippen LogP) is 4.01. The minimum Gasteiger partial charge on any atom is -0.497 e. The van der Waals surface area contributed by atoms with Gasteiger partial charge in [0.2, 0.25) is 0 Å². The SMILES string of the molecule is COc1ccc(C(=O)NC2CC2)c(OC2CCN(CC3CCCCC3)CC2)c1. The van der Waals surface area contributed by atoms with Gasteiger partial charge in [0.1, 0.15) is 17.6 Å². The number of benzene rings is 1. The zero-order chi connectivity index (χ0) is 19.3. The van der Waals surface area contributed by atoms with Crippen LogP contribution in [0.5, 0.6) is 11.5 Å². The van der Waals surface area contributed by atoms with Gasteiger partial charge in [-0.05, 0) is 56.6 Å². The van der Waals surface area contributed by atoms with E-state index in [-0.39, 0.29) is 12.0 Å². The van der Waals surface area contributed by atoms with Crippen molar-refractivity contribution >= 4 is 5.91 Å². The lowest BCUT2D eigenvalue weighted by molar-refractivity contribution is 0.0829. The number of ether oxygens (including phenoxy) is 2. The van der Waals surface area contributed by atoms with Gasteiger partial charge in [0.25, 0.3) is 5.91 Å². The van der Waals surface area contributed by atoms with Gasteiger partial charge < -0.3 is 19.7 Å². The zero-order valence-electron chi connectivity index (χ0n) is 17.1. The Morgan fingerprint density at radius 3 is 2.50 bits per heavy atom. The van der Waals surface area contributed by atoms with Crippen LogP contribution in [-0.2, 0) is 0 Å². The normalized spacial score (nSPS) is 22.0. The molecular formula is C23H34N2O3. The van der Waals surface area contributed by atoms with E-state index in [1.54, 1.807) is 7.11 Å². The molecule has 1 saturated heterocycles. The lowest BCUT2D eigenvalue weighted by Crippen LogP contribution is -2.41. The highest BCUT2D eigenvalue weighted by molar-refractivity contribution is 5.97. The molecule has 1 heterocycles. The summed E-state index contributed by atoms with van der Waals surface area (Å²) in [5.41, 5.74) is 0.623. The van der Waals surface area contributed by atoms with Crippen molar-refractivity contribution in [2.45, 2.75) is 69.9 Å². The first-order chi connectivity index (χ1) is 13.7. The lowest BCUT2D eigenvalue weighted by atomic mass is 9.88. The molecule has 0 aromatic heterocycles. The number of methoxy groups -OCH3 is 1. The molecule has 5 heteroatoms. The van der Waals surface area contributed by atoms with Crippen LogP contribution in [0.1, 0.15) is 68.1 Å². The molecule has 2 aliphatic carbocycles. The van der Waals surface area contributed by atoms with E-state index >= 15 is 0 Å². The maximum absolute atomic E-state index is 12.6. The van der Waals surface area contributed by atoms with E-state index in [0.717, 1.165) is 50.4 Å². The topological polar surface area (TPSA) is 50.8 Å². The van der Waals surface area contributed by atoms with Crippen molar-refractivity contribution in [2.75, 3.05) is 26.7 Å². The van der Waals surface area contributed by atoms with Crippen LogP contribution in [0.4, 0.5) is 0 Å². The fourth-order valence-electron chi connectivity index (χ4n) is 4.53. The first-order valence-corrected chi connectivity index (χ1v) is 11.1. The first-order valence-electron chi connectivity index (χ1n) is 11.1. The Bertz CT molecular complexity index is 660. The largest absolute Gasteiger partial charge is 0.497 e. The number of nitrogens with one attached hydrogen (secondary N) is 1. The number of hydrogen-bond acceptors (Lipinski definition) is 4. The molecule has 2 saturated carbocycles. The van der Waals surface area contributed by atoms with Crippen molar-refractivity contribution in [3.05, 3.63) is 23.8 Å². The second kappa shape index (κ2) is 9.17. The number of rotatable bonds is 7. The summed E-state index contributed by atoms with van der Waals surface area (Å²) in [5, 5.41) is 3.07. The molecule has 0 unspecified atom stereocenters. The Balaban J connectivity index is 1.33. The van der Waals surface area contributed by atoms with E-state index < -0.39 is 0 Å². The molecule has 0 spiro atoms. The predicted molar refractivity (Wildman–Crippen MR) is 110 cm³/mol. The van der Waals surface area contributed by atoms with E-state index in [2.05, 4.69) is 10.2 Å². The van der Waals surface area contributed by atoms with Gasteiger partial charge in [-0.1, -0.05) is 19.3 Å². The van der Waals surface area contributed by atoms with Gasteiger partial charge in [-0.2, -0.15) is 0 Å². The van der Waals surface area contributed by atoms with Crippen LogP contribution in [-0.4, -0.2) is 49.7 Å². The number of carbonyl (C=O) groups excluding carboxylic acids is 1. The molecule has 1 aliphatic heterocycles. The summed E-state index contributed by atoms with van der Waals surface area (Å²) in [4.78, 5) is 15.2. The fraction of sp³-hybridized carbons (Fsp3) is 0.696. The minimum absolute atomic E-state index is 0.0325. The monoisotopic (exact) mass is 386 g/mol. The summed E-state index contributed by atoms with van der Waals surface area (Å²) in [7, 11) is 1.65. The van der Waals surface area contributed by atoms with E-state index in [1.165, 1.54) is 38.6 Å². The zero-order valence-corrected chi connectivity index (χ0v) is 17.1. The molecule has 1 N–H and O–H groups in total. The molecular weight excluding hydrogens is 352 g/mol. The molecule has 0 radical (unpaired) electrons. The lowest BCUT2D eigenvalue weighted by Gasteiger charge is -2.35. The fourth-order valence-corrected chi connectivity index (χ4v) is 4.53. The van der Waals surface area contributed by atoms with Gasteiger partial charge in [-0.25, -0.2) is 0 Å². The van der Waals surface area contributed by atoms with E-state index in [4.69, 9.17) is 9.47 Å². The molecule has 4 rings (SSSR count). The quantitative estimate of drug-likeness (QED) is 0.769. The Kier molecular flexibility index (Phi) is 6.40. The van der Waals surface area contributed by atoms with Crippen molar-refractivity contribution in [3.63, 3.8) is 0 Å². The number of carbonyl (C=O) groups is 1. The highest BCUT2D eigenvalue weighted by atomic mass is 16.5. The van der Waals surface area contributed by atoms with E-state index in [0.29, 0.717) is 17.4 Å². The molecule has 1 amide bonds. The molecule has 3 fully saturated rings. The highest BCUT2D eigenvalue weighted by Crippen LogP contribution is 2.30. The van der Waals surface area contributed by atoms with Gasteiger partial charge in [0.15, 0.2) is 0 Å². The van der Waals surface area contributed by atoms with Crippen LogP contribution in [0.3, 0.4) is 0 Å². The number of hydrogen-bond donors (Lipinski definition) is 1. The van der Waals surface area contributed by atoms with E-state index in [1.807, 2.05) is 18.2 Å². The third kappa shape index (κ3) is 5.19. The molecule has 3 aliphatic rings. The van der Waals surface area contributed by atoms with Crippen LogP contribution < -0.4 is 14.8 Å². The second-order valence-corrected chi connectivity index (χ2v) is 8.73. The average Bonchev–Trinajstić information content (AvgIpc) is 3.54. The number of nitrogens with zero attached hydrogens (tertiary/aromatic N) is 1. The third-order valence-corrected chi connectivity index (χ3v) is 6.42. The van der Waals surface area contributed by atoms with Gasteiger partial charge in [0.05, 0.1) is 12.7 Å². The Hall–Kier alpha value is -1.75. The van der Waals surface area contributed by atoms with Gasteiger partial charge >= 0.3 is 0 Å². The van der Waals surface area contributed by atoms with Crippen molar-refractivity contribution in [1.82, 2.24) is 10.2 Å². The van der Waals surface area contributed by atoms with E-state index in [9.17, 15) is 4.79 Å². The molecule has 1 aromatic rings. The molecule has 5 nitrogen and oxygen atoms in total. The van der Waals surface area contributed by atoms with Crippen LogP contribution in [0, 0.1) is 5.92 Å². The Morgan fingerprint density at radius 2 is 1.82 bits per heavy atom. The maximum atomic E-state index is 12.6. The van der Waals surface area contributed by atoms with Crippen LogP contribution in [0.15, 0.2) is 18.2 Å². The van der Waals surface area contributed by atoms with Gasteiger partial charge in [-0.15, -0.1) is 0 Å². The summed E-state index contributed by atoms with van der Waals surface area (Å²) in [5.74, 6) is 2.24. The first kappa shape index (κ1) is 19.6. The smallest absolute Gasteiger partial charge is 0.255 e. The Labute approximate surface area is 168 Å². The maximum Gasteiger partial charge on any atom is 0.255 e. The van der Waals surface area contributed by atoms with Crippen molar-refractivity contribution in [2.24, 2.45) is 5.92 Å². The minimum atomic E-state index is -0.0325. The highest BCUT2D eigenvalue weighted by Gasteiger charge is 2.27. The summed E-state index contributed by atoms with van der Waals surface area (Å²) < 4.78 is 11.7. The summed E-state index contributed by atoms with van der Waals surface area (Å²) >= 11 is 0. The number of likely N-dealkylation sites (tertiary alicyclic amines) is 1. The molecule has 154 valence electrons. The summed E-state index contributed by atoms with van der Waals surface area (Å²) in [6, 6.07) is 5.85. The number of amides is 1. The van der Waals surface area contributed by atoms with Crippen LogP contribution in [0.25, 0.3) is 0 Å². The van der Waals surface area contributed by atoms with Crippen LogP contribution in [0.2, 0.25) is 0 Å².